The average Bonchev–Trinajstić information content (AvgIpc) is 2.74. The van der Waals surface area contributed by atoms with E-state index in [0.717, 1.165) is 29.6 Å². The Bertz CT molecular complexity index is 571. The molecule has 0 spiro atoms. The molecule has 1 heterocycles. The van der Waals surface area contributed by atoms with Crippen LogP contribution < -0.4 is 5.32 Å². The standard InChI is InChI=1S/C17H25NO2/c1-5-10-17(4,19)11-18-13(3)16-12(2)14-8-6-7-9-15(14)20-16/h6-9,13,18-19H,5,10-11H2,1-4H3. The first-order valence-electron chi connectivity index (χ1n) is 7.38. The number of hydrogen-bond acceptors (Lipinski definition) is 3. The molecule has 20 heavy (non-hydrogen) atoms. The third kappa shape index (κ3) is 3.22. The van der Waals surface area contributed by atoms with Crippen LogP contribution in [0.4, 0.5) is 0 Å². The molecule has 0 amide bonds. The lowest BCUT2D eigenvalue weighted by Crippen LogP contribution is -2.38. The number of rotatable bonds is 6. The zero-order valence-corrected chi connectivity index (χ0v) is 12.9. The number of aryl methyl sites for hydroxylation is 1. The number of fused-ring (bicyclic) bond motifs is 1. The third-order valence-corrected chi connectivity index (χ3v) is 3.85. The molecule has 1 aromatic heterocycles. The van der Waals surface area contributed by atoms with Gasteiger partial charge in [0.2, 0.25) is 0 Å². The summed E-state index contributed by atoms with van der Waals surface area (Å²) in [5.41, 5.74) is 1.44. The number of nitrogens with one attached hydrogen (secondary N) is 1. The van der Waals surface area contributed by atoms with Gasteiger partial charge in [0.05, 0.1) is 11.6 Å². The second kappa shape index (κ2) is 5.98. The van der Waals surface area contributed by atoms with Crippen LogP contribution >= 0.6 is 0 Å². The molecule has 0 fully saturated rings. The average molecular weight is 275 g/mol. The van der Waals surface area contributed by atoms with E-state index in [2.05, 4.69) is 32.2 Å². The fraction of sp³-hybridized carbons (Fsp3) is 0.529. The van der Waals surface area contributed by atoms with Crippen molar-refractivity contribution in [1.82, 2.24) is 5.32 Å². The Labute approximate surface area is 121 Å². The van der Waals surface area contributed by atoms with Gasteiger partial charge in [0, 0.05) is 11.9 Å². The van der Waals surface area contributed by atoms with E-state index in [-0.39, 0.29) is 6.04 Å². The molecule has 3 heteroatoms. The fourth-order valence-electron chi connectivity index (χ4n) is 2.70. The Kier molecular flexibility index (Phi) is 4.51. The van der Waals surface area contributed by atoms with E-state index in [1.165, 1.54) is 5.56 Å². The molecule has 0 saturated carbocycles. The van der Waals surface area contributed by atoms with E-state index in [9.17, 15) is 5.11 Å². The van der Waals surface area contributed by atoms with Gasteiger partial charge in [-0.3, -0.25) is 0 Å². The second-order valence-corrected chi connectivity index (χ2v) is 5.94. The highest BCUT2D eigenvalue weighted by Crippen LogP contribution is 2.29. The highest BCUT2D eigenvalue weighted by molar-refractivity contribution is 5.82. The summed E-state index contributed by atoms with van der Waals surface area (Å²) >= 11 is 0. The van der Waals surface area contributed by atoms with E-state index in [1.807, 2.05) is 25.1 Å². The molecule has 110 valence electrons. The minimum atomic E-state index is -0.664. The van der Waals surface area contributed by atoms with Gasteiger partial charge in [-0.1, -0.05) is 31.5 Å². The largest absolute Gasteiger partial charge is 0.459 e. The van der Waals surface area contributed by atoms with Crippen molar-refractivity contribution in [2.75, 3.05) is 6.54 Å². The van der Waals surface area contributed by atoms with Crippen molar-refractivity contribution in [2.45, 2.75) is 52.2 Å². The number of hydrogen-bond donors (Lipinski definition) is 2. The van der Waals surface area contributed by atoms with Crippen LogP contribution in [0.5, 0.6) is 0 Å². The van der Waals surface area contributed by atoms with E-state index in [0.29, 0.717) is 6.54 Å². The summed E-state index contributed by atoms with van der Waals surface area (Å²) in [6, 6.07) is 8.17. The monoisotopic (exact) mass is 275 g/mol. The van der Waals surface area contributed by atoms with Crippen LogP contribution in [0.2, 0.25) is 0 Å². The lowest BCUT2D eigenvalue weighted by molar-refractivity contribution is 0.0470. The Morgan fingerprint density at radius 2 is 2.05 bits per heavy atom. The highest BCUT2D eigenvalue weighted by Gasteiger charge is 2.22. The van der Waals surface area contributed by atoms with Crippen LogP contribution in [-0.2, 0) is 0 Å². The summed E-state index contributed by atoms with van der Waals surface area (Å²) in [7, 11) is 0. The second-order valence-electron chi connectivity index (χ2n) is 5.94. The van der Waals surface area contributed by atoms with E-state index in [1.54, 1.807) is 0 Å². The molecule has 3 nitrogen and oxygen atoms in total. The van der Waals surface area contributed by atoms with Crippen LogP contribution in [0.3, 0.4) is 0 Å². The van der Waals surface area contributed by atoms with Gasteiger partial charge in [-0.05, 0) is 38.8 Å². The van der Waals surface area contributed by atoms with Gasteiger partial charge in [0.15, 0.2) is 0 Å². The Balaban J connectivity index is 2.11. The maximum absolute atomic E-state index is 10.2. The van der Waals surface area contributed by atoms with Gasteiger partial charge in [0.1, 0.15) is 11.3 Å². The summed E-state index contributed by atoms with van der Waals surface area (Å²) in [5.74, 6) is 0.957. The van der Waals surface area contributed by atoms with Gasteiger partial charge < -0.3 is 14.8 Å². The minimum Gasteiger partial charge on any atom is -0.459 e. The first-order chi connectivity index (χ1) is 9.44. The van der Waals surface area contributed by atoms with Crippen molar-refractivity contribution in [2.24, 2.45) is 0 Å². The predicted octanol–water partition coefficient (Wildman–Crippen LogP) is 3.94. The summed E-state index contributed by atoms with van der Waals surface area (Å²) in [5, 5.41) is 14.8. The van der Waals surface area contributed by atoms with E-state index in [4.69, 9.17) is 4.42 Å². The molecule has 0 aliphatic carbocycles. The van der Waals surface area contributed by atoms with Crippen molar-refractivity contribution in [3.8, 4) is 0 Å². The first kappa shape index (κ1) is 15.1. The molecular weight excluding hydrogens is 250 g/mol. The van der Waals surface area contributed by atoms with E-state index < -0.39 is 5.60 Å². The quantitative estimate of drug-likeness (QED) is 0.839. The lowest BCUT2D eigenvalue weighted by atomic mass is 10.00. The number of benzene rings is 1. The van der Waals surface area contributed by atoms with E-state index >= 15 is 0 Å². The highest BCUT2D eigenvalue weighted by atomic mass is 16.3. The molecule has 1 aromatic carbocycles. The minimum absolute atomic E-state index is 0.0886. The summed E-state index contributed by atoms with van der Waals surface area (Å²) < 4.78 is 5.94. The summed E-state index contributed by atoms with van der Waals surface area (Å²) in [6.45, 7) is 8.69. The first-order valence-corrected chi connectivity index (χ1v) is 7.38. The molecule has 2 N–H and O–H groups in total. The predicted molar refractivity (Wildman–Crippen MR) is 82.9 cm³/mol. The molecule has 0 radical (unpaired) electrons. The fourth-order valence-corrected chi connectivity index (χ4v) is 2.70. The van der Waals surface area contributed by atoms with Crippen molar-refractivity contribution in [3.05, 3.63) is 35.6 Å². The number of furan rings is 1. The smallest absolute Gasteiger partial charge is 0.134 e. The molecule has 0 saturated heterocycles. The normalized spacial score (nSPS) is 16.2. The SMILES string of the molecule is CCCC(C)(O)CNC(C)c1oc2ccccc2c1C. The number of para-hydroxylation sites is 1. The summed E-state index contributed by atoms with van der Waals surface area (Å²) in [6.07, 6.45) is 1.78. The van der Waals surface area contributed by atoms with Crippen molar-refractivity contribution < 1.29 is 9.52 Å². The Morgan fingerprint density at radius 1 is 1.35 bits per heavy atom. The van der Waals surface area contributed by atoms with Crippen molar-refractivity contribution in [1.29, 1.82) is 0 Å². The Morgan fingerprint density at radius 3 is 2.70 bits per heavy atom. The van der Waals surface area contributed by atoms with Crippen molar-refractivity contribution in [3.63, 3.8) is 0 Å². The topological polar surface area (TPSA) is 45.4 Å². The van der Waals surface area contributed by atoms with Crippen molar-refractivity contribution >= 4 is 11.0 Å². The van der Waals surface area contributed by atoms with Crippen LogP contribution in [0, 0.1) is 6.92 Å². The van der Waals surface area contributed by atoms with Gasteiger partial charge in [-0.2, -0.15) is 0 Å². The maximum Gasteiger partial charge on any atom is 0.134 e. The van der Waals surface area contributed by atoms with Crippen LogP contribution in [-0.4, -0.2) is 17.3 Å². The third-order valence-electron chi connectivity index (χ3n) is 3.85. The zero-order chi connectivity index (χ0) is 14.8. The lowest BCUT2D eigenvalue weighted by Gasteiger charge is -2.25. The summed E-state index contributed by atoms with van der Waals surface area (Å²) in [4.78, 5) is 0. The molecule has 0 bridgehead atoms. The molecule has 2 aromatic rings. The van der Waals surface area contributed by atoms with Gasteiger partial charge in [0.25, 0.3) is 0 Å². The molecule has 0 aliphatic heterocycles. The molecule has 2 atom stereocenters. The molecule has 0 aliphatic rings. The molecule has 2 unspecified atom stereocenters. The van der Waals surface area contributed by atoms with Crippen LogP contribution in [0.1, 0.15) is 51.0 Å². The zero-order valence-electron chi connectivity index (χ0n) is 12.9. The maximum atomic E-state index is 10.2. The van der Waals surface area contributed by atoms with Gasteiger partial charge in [-0.25, -0.2) is 0 Å². The molecular formula is C17H25NO2. The van der Waals surface area contributed by atoms with Gasteiger partial charge >= 0.3 is 0 Å². The molecule has 2 rings (SSSR count). The van der Waals surface area contributed by atoms with Gasteiger partial charge in [-0.15, -0.1) is 0 Å². The van der Waals surface area contributed by atoms with Crippen LogP contribution in [0.25, 0.3) is 11.0 Å². The Hall–Kier alpha value is -1.32. The number of aliphatic hydroxyl groups is 1. The van der Waals surface area contributed by atoms with Crippen LogP contribution in [0.15, 0.2) is 28.7 Å².